The van der Waals surface area contributed by atoms with Gasteiger partial charge < -0.3 is 10.2 Å². The van der Waals surface area contributed by atoms with Gasteiger partial charge in [0.05, 0.1) is 0 Å². The van der Waals surface area contributed by atoms with Gasteiger partial charge in [0.1, 0.15) is 11.4 Å². The number of ether oxygens (including phenoxy) is 1. The van der Waals surface area contributed by atoms with E-state index in [4.69, 9.17) is 10.6 Å². The molecule has 0 radical (unpaired) electrons. The van der Waals surface area contributed by atoms with E-state index in [9.17, 15) is 0 Å². The maximum absolute atomic E-state index is 5.82. The molecule has 1 aromatic rings. The molecule has 90 valence electrons. The zero-order valence-corrected chi connectivity index (χ0v) is 10.2. The molecule has 1 aromatic heterocycles. The fourth-order valence-corrected chi connectivity index (χ4v) is 1.77. The van der Waals surface area contributed by atoms with Gasteiger partial charge in [-0.2, -0.15) is 0 Å². The largest absolute Gasteiger partial charge is 0.367 e. The van der Waals surface area contributed by atoms with Crippen molar-refractivity contribution in [2.75, 3.05) is 12.0 Å². The number of hydrazine groups is 1. The molecule has 5 nitrogen and oxygen atoms in total. The predicted octanol–water partition coefficient (Wildman–Crippen LogP) is 1.81. The third-order valence-electron chi connectivity index (χ3n) is 2.77. The molecule has 16 heavy (non-hydrogen) atoms. The third-order valence-corrected chi connectivity index (χ3v) is 2.77. The lowest BCUT2D eigenvalue weighted by atomic mass is 9.96. The molecule has 1 rings (SSSR count). The number of nitrogen functional groups attached to an aromatic ring is 1. The van der Waals surface area contributed by atoms with E-state index in [-0.39, 0.29) is 0 Å². The van der Waals surface area contributed by atoms with Gasteiger partial charge in [0.2, 0.25) is 0 Å². The summed E-state index contributed by atoms with van der Waals surface area (Å²) in [5.74, 6) is 6.63. The molecule has 1 heterocycles. The fraction of sp³-hybridized carbons (Fsp3) is 0.636. The van der Waals surface area contributed by atoms with E-state index in [1.807, 2.05) is 6.92 Å². The zero-order chi connectivity index (χ0) is 12.0. The van der Waals surface area contributed by atoms with Gasteiger partial charge in [-0.1, -0.05) is 13.8 Å². The summed E-state index contributed by atoms with van der Waals surface area (Å²) in [7, 11) is 0. The molecule has 0 atom stereocenters. The Bertz CT molecular complexity index is 326. The minimum atomic E-state index is -0.401. The van der Waals surface area contributed by atoms with Crippen molar-refractivity contribution >= 4 is 5.82 Å². The van der Waals surface area contributed by atoms with Crippen LogP contribution < -0.4 is 11.3 Å². The first-order chi connectivity index (χ1) is 7.72. The quantitative estimate of drug-likeness (QED) is 0.569. The van der Waals surface area contributed by atoms with Crippen LogP contribution in [0.4, 0.5) is 5.82 Å². The van der Waals surface area contributed by atoms with Crippen LogP contribution >= 0.6 is 0 Å². The van der Waals surface area contributed by atoms with Gasteiger partial charge in [0.15, 0.2) is 5.82 Å². The van der Waals surface area contributed by atoms with Crippen LogP contribution in [0.1, 0.15) is 39.4 Å². The Kier molecular flexibility index (Phi) is 4.64. The Morgan fingerprint density at radius 3 is 2.56 bits per heavy atom. The molecule has 0 saturated heterocycles. The number of hydrogen-bond acceptors (Lipinski definition) is 5. The second kappa shape index (κ2) is 5.77. The lowest BCUT2D eigenvalue weighted by Gasteiger charge is -2.29. The highest BCUT2D eigenvalue weighted by molar-refractivity contribution is 5.31. The second-order valence-electron chi connectivity index (χ2n) is 3.54. The van der Waals surface area contributed by atoms with Crippen LogP contribution in [0, 0.1) is 0 Å². The molecule has 0 amide bonds. The Labute approximate surface area is 96.4 Å². The smallest absolute Gasteiger partial charge is 0.162 e. The summed E-state index contributed by atoms with van der Waals surface area (Å²) in [6.07, 6.45) is 3.37. The summed E-state index contributed by atoms with van der Waals surface area (Å²) >= 11 is 0. The standard InChI is InChI=1S/C11H20N4O/c1-4-11(5-2,16-6-3)10-13-8-7-9(14-10)15-12/h7-8H,4-6,12H2,1-3H3,(H,13,14,15). The van der Waals surface area contributed by atoms with Crippen LogP contribution in [0.25, 0.3) is 0 Å². The highest BCUT2D eigenvalue weighted by atomic mass is 16.5. The lowest BCUT2D eigenvalue weighted by molar-refractivity contribution is -0.0570. The molecule has 0 fully saturated rings. The Balaban J connectivity index is 3.08. The molecule has 0 bridgehead atoms. The minimum Gasteiger partial charge on any atom is -0.367 e. The molecular formula is C11H20N4O. The Morgan fingerprint density at radius 1 is 1.38 bits per heavy atom. The second-order valence-corrected chi connectivity index (χ2v) is 3.54. The molecule has 0 aliphatic rings. The average Bonchev–Trinajstić information content (AvgIpc) is 2.36. The van der Waals surface area contributed by atoms with E-state index in [1.165, 1.54) is 0 Å². The van der Waals surface area contributed by atoms with Crippen molar-refractivity contribution in [3.05, 3.63) is 18.1 Å². The summed E-state index contributed by atoms with van der Waals surface area (Å²) in [6, 6.07) is 1.73. The van der Waals surface area contributed by atoms with Crippen molar-refractivity contribution in [3.63, 3.8) is 0 Å². The maximum atomic E-state index is 5.82. The van der Waals surface area contributed by atoms with Gasteiger partial charge in [-0.05, 0) is 19.8 Å². The fourth-order valence-electron chi connectivity index (χ4n) is 1.77. The molecule has 5 heteroatoms. The van der Waals surface area contributed by atoms with Gasteiger partial charge in [0.25, 0.3) is 0 Å². The molecule has 3 N–H and O–H groups in total. The molecule has 0 aliphatic carbocycles. The van der Waals surface area contributed by atoms with E-state index in [1.54, 1.807) is 12.3 Å². The summed E-state index contributed by atoms with van der Waals surface area (Å²) < 4.78 is 5.82. The summed E-state index contributed by atoms with van der Waals surface area (Å²) in [5.41, 5.74) is 2.12. The highest BCUT2D eigenvalue weighted by Gasteiger charge is 2.32. The van der Waals surface area contributed by atoms with Crippen molar-refractivity contribution < 1.29 is 4.74 Å². The number of nitrogens with zero attached hydrogens (tertiary/aromatic N) is 2. The number of anilines is 1. The van der Waals surface area contributed by atoms with E-state index in [0.29, 0.717) is 18.2 Å². The SMILES string of the molecule is CCOC(CC)(CC)c1nccc(NN)n1. The predicted molar refractivity (Wildman–Crippen MR) is 63.7 cm³/mol. The van der Waals surface area contributed by atoms with Gasteiger partial charge in [0, 0.05) is 18.9 Å². The van der Waals surface area contributed by atoms with Gasteiger partial charge in [-0.3, -0.25) is 0 Å². The van der Waals surface area contributed by atoms with Crippen LogP contribution in [-0.4, -0.2) is 16.6 Å². The zero-order valence-electron chi connectivity index (χ0n) is 10.2. The van der Waals surface area contributed by atoms with E-state index < -0.39 is 5.60 Å². The average molecular weight is 224 g/mol. The highest BCUT2D eigenvalue weighted by Crippen LogP contribution is 2.30. The van der Waals surface area contributed by atoms with Crippen LogP contribution in [0.2, 0.25) is 0 Å². The molecule has 0 unspecified atom stereocenters. The summed E-state index contributed by atoms with van der Waals surface area (Å²) in [4.78, 5) is 8.64. The number of rotatable bonds is 6. The van der Waals surface area contributed by atoms with Gasteiger partial charge in [-0.25, -0.2) is 15.8 Å². The van der Waals surface area contributed by atoms with Crippen molar-refractivity contribution in [1.29, 1.82) is 0 Å². The normalized spacial score (nSPS) is 11.5. The maximum Gasteiger partial charge on any atom is 0.162 e. The van der Waals surface area contributed by atoms with Crippen molar-refractivity contribution in [2.45, 2.75) is 39.2 Å². The van der Waals surface area contributed by atoms with Gasteiger partial charge in [-0.15, -0.1) is 0 Å². The topological polar surface area (TPSA) is 73.1 Å². The molecule has 0 aliphatic heterocycles. The van der Waals surface area contributed by atoms with Crippen LogP contribution in [0.5, 0.6) is 0 Å². The summed E-state index contributed by atoms with van der Waals surface area (Å²) in [5, 5.41) is 0. The van der Waals surface area contributed by atoms with E-state index in [2.05, 4.69) is 29.2 Å². The third kappa shape index (κ3) is 2.48. The number of nitrogens with one attached hydrogen (secondary N) is 1. The van der Waals surface area contributed by atoms with Crippen LogP contribution in [0.3, 0.4) is 0 Å². The first-order valence-corrected chi connectivity index (χ1v) is 5.66. The monoisotopic (exact) mass is 224 g/mol. The van der Waals surface area contributed by atoms with Crippen molar-refractivity contribution in [1.82, 2.24) is 9.97 Å². The summed E-state index contributed by atoms with van der Waals surface area (Å²) in [6.45, 7) is 6.77. The van der Waals surface area contributed by atoms with Crippen molar-refractivity contribution in [2.24, 2.45) is 5.84 Å². The number of nitrogens with two attached hydrogens (primary N) is 1. The molecular weight excluding hydrogens is 204 g/mol. The molecule has 0 saturated carbocycles. The first kappa shape index (κ1) is 12.9. The van der Waals surface area contributed by atoms with Crippen molar-refractivity contribution in [3.8, 4) is 0 Å². The molecule has 0 aromatic carbocycles. The van der Waals surface area contributed by atoms with E-state index in [0.717, 1.165) is 12.8 Å². The van der Waals surface area contributed by atoms with E-state index >= 15 is 0 Å². The Morgan fingerprint density at radius 2 is 2.06 bits per heavy atom. The minimum absolute atomic E-state index is 0.401. The number of aromatic nitrogens is 2. The number of hydrogen-bond donors (Lipinski definition) is 2. The van der Waals surface area contributed by atoms with Crippen LogP contribution in [0.15, 0.2) is 12.3 Å². The lowest BCUT2D eigenvalue weighted by Crippen LogP contribution is -2.31. The Hall–Kier alpha value is -1.20. The first-order valence-electron chi connectivity index (χ1n) is 5.66. The molecule has 0 spiro atoms. The van der Waals surface area contributed by atoms with Gasteiger partial charge >= 0.3 is 0 Å². The van der Waals surface area contributed by atoms with Crippen LogP contribution in [-0.2, 0) is 10.3 Å².